The number of aromatic amines is 1. The van der Waals surface area contributed by atoms with Crippen LogP contribution in [0.15, 0.2) is 42.7 Å². The second kappa shape index (κ2) is 3.61. The van der Waals surface area contributed by atoms with Crippen LogP contribution in [0.25, 0.3) is 22.2 Å². The molecule has 0 saturated heterocycles. The zero-order valence-corrected chi connectivity index (χ0v) is 9.07. The number of rotatable bonds is 1. The van der Waals surface area contributed by atoms with E-state index in [4.69, 9.17) is 11.6 Å². The van der Waals surface area contributed by atoms with Crippen LogP contribution in [-0.4, -0.2) is 15.2 Å². The highest BCUT2D eigenvalue weighted by Gasteiger charge is 2.09. The minimum atomic E-state index is 0.681. The van der Waals surface area contributed by atoms with Gasteiger partial charge < -0.3 is 0 Å². The first-order chi connectivity index (χ1) is 7.86. The van der Waals surface area contributed by atoms with Crippen LogP contribution < -0.4 is 0 Å². The van der Waals surface area contributed by atoms with E-state index in [1.165, 1.54) is 0 Å². The molecule has 2 aromatic heterocycles. The smallest absolute Gasteiger partial charge is 0.101 e. The molecule has 0 aliphatic heterocycles. The average Bonchev–Trinajstić information content (AvgIpc) is 2.75. The molecule has 0 bridgehead atoms. The number of pyridine rings is 1. The van der Waals surface area contributed by atoms with Crippen LogP contribution >= 0.6 is 11.6 Å². The molecule has 2 heterocycles. The summed E-state index contributed by atoms with van der Waals surface area (Å²) in [5.74, 6) is 0. The molecular formula is C12H8ClN3. The van der Waals surface area contributed by atoms with Crippen LogP contribution in [0.5, 0.6) is 0 Å². The number of aromatic nitrogens is 3. The van der Waals surface area contributed by atoms with Crippen molar-refractivity contribution in [1.29, 1.82) is 0 Å². The van der Waals surface area contributed by atoms with Crippen LogP contribution in [-0.2, 0) is 0 Å². The zero-order chi connectivity index (χ0) is 11.0. The molecule has 0 aliphatic carbocycles. The van der Waals surface area contributed by atoms with Gasteiger partial charge in [0.15, 0.2) is 0 Å². The molecule has 0 amide bonds. The van der Waals surface area contributed by atoms with Crippen LogP contribution in [0, 0.1) is 0 Å². The van der Waals surface area contributed by atoms with E-state index in [-0.39, 0.29) is 0 Å². The van der Waals surface area contributed by atoms with Gasteiger partial charge in [0.2, 0.25) is 0 Å². The molecule has 4 heteroatoms. The molecule has 0 radical (unpaired) electrons. The number of para-hydroxylation sites is 1. The summed E-state index contributed by atoms with van der Waals surface area (Å²) >= 11 is 6.07. The predicted molar refractivity (Wildman–Crippen MR) is 64.3 cm³/mol. The normalized spacial score (nSPS) is 10.8. The van der Waals surface area contributed by atoms with E-state index in [2.05, 4.69) is 15.2 Å². The first-order valence-electron chi connectivity index (χ1n) is 4.89. The fraction of sp³-hybridized carbons (Fsp3) is 0. The lowest BCUT2D eigenvalue weighted by Gasteiger charge is -1.96. The van der Waals surface area contributed by atoms with E-state index in [0.717, 1.165) is 22.2 Å². The summed E-state index contributed by atoms with van der Waals surface area (Å²) < 4.78 is 0. The summed E-state index contributed by atoms with van der Waals surface area (Å²) in [7, 11) is 0. The topological polar surface area (TPSA) is 41.6 Å². The van der Waals surface area contributed by atoms with Crippen molar-refractivity contribution in [3.63, 3.8) is 0 Å². The standard InChI is InChI=1S/C12H8ClN3/c13-10-5-1-4-9-11(15-16-12(9)10)8-3-2-6-14-7-8/h1-7H,(H,15,16). The molecule has 3 nitrogen and oxygen atoms in total. The van der Waals surface area contributed by atoms with Gasteiger partial charge in [0.05, 0.1) is 10.5 Å². The summed E-state index contributed by atoms with van der Waals surface area (Å²) in [5.41, 5.74) is 2.73. The number of benzene rings is 1. The lowest BCUT2D eigenvalue weighted by atomic mass is 10.1. The van der Waals surface area contributed by atoms with E-state index in [1.54, 1.807) is 12.4 Å². The Bertz CT molecular complexity index is 631. The molecule has 3 aromatic rings. The molecule has 0 unspecified atom stereocenters. The molecule has 0 spiro atoms. The van der Waals surface area contributed by atoms with Crippen molar-refractivity contribution in [1.82, 2.24) is 15.2 Å². The van der Waals surface area contributed by atoms with Crippen LogP contribution in [0.1, 0.15) is 0 Å². The fourth-order valence-electron chi connectivity index (χ4n) is 1.73. The highest BCUT2D eigenvalue weighted by molar-refractivity contribution is 6.35. The summed E-state index contributed by atoms with van der Waals surface area (Å²) in [6.07, 6.45) is 3.53. The van der Waals surface area contributed by atoms with Gasteiger partial charge in [-0.25, -0.2) is 0 Å². The van der Waals surface area contributed by atoms with Crippen LogP contribution in [0.4, 0.5) is 0 Å². The number of hydrogen-bond acceptors (Lipinski definition) is 2. The van der Waals surface area contributed by atoms with Crippen molar-refractivity contribution in [3.8, 4) is 11.3 Å². The van der Waals surface area contributed by atoms with E-state index in [0.29, 0.717) is 5.02 Å². The van der Waals surface area contributed by atoms with Crippen molar-refractivity contribution >= 4 is 22.5 Å². The van der Waals surface area contributed by atoms with Gasteiger partial charge >= 0.3 is 0 Å². The molecular weight excluding hydrogens is 222 g/mol. The zero-order valence-electron chi connectivity index (χ0n) is 8.31. The predicted octanol–water partition coefficient (Wildman–Crippen LogP) is 3.28. The Morgan fingerprint density at radius 2 is 2.06 bits per heavy atom. The van der Waals surface area contributed by atoms with Crippen molar-refractivity contribution in [3.05, 3.63) is 47.7 Å². The maximum atomic E-state index is 6.07. The third-order valence-corrected chi connectivity index (χ3v) is 2.80. The average molecular weight is 230 g/mol. The van der Waals surface area contributed by atoms with Gasteiger partial charge in [0.25, 0.3) is 0 Å². The maximum Gasteiger partial charge on any atom is 0.101 e. The summed E-state index contributed by atoms with van der Waals surface area (Å²) in [6, 6.07) is 9.62. The Balaban J connectivity index is 2.30. The van der Waals surface area contributed by atoms with Crippen molar-refractivity contribution < 1.29 is 0 Å². The second-order valence-electron chi connectivity index (χ2n) is 3.48. The maximum absolute atomic E-state index is 6.07. The van der Waals surface area contributed by atoms with E-state index in [9.17, 15) is 0 Å². The van der Waals surface area contributed by atoms with Crippen molar-refractivity contribution in [2.24, 2.45) is 0 Å². The summed E-state index contributed by atoms with van der Waals surface area (Å²) in [5, 5.41) is 8.92. The third-order valence-electron chi connectivity index (χ3n) is 2.48. The molecule has 78 valence electrons. The molecule has 0 fully saturated rings. The largest absolute Gasteiger partial charge is 0.276 e. The van der Waals surface area contributed by atoms with Gasteiger partial charge in [0.1, 0.15) is 5.69 Å². The quantitative estimate of drug-likeness (QED) is 0.696. The first-order valence-corrected chi connectivity index (χ1v) is 5.27. The van der Waals surface area contributed by atoms with E-state index >= 15 is 0 Å². The van der Waals surface area contributed by atoms with Gasteiger partial charge in [-0.2, -0.15) is 5.10 Å². The Kier molecular flexibility index (Phi) is 2.11. The minimum absolute atomic E-state index is 0.681. The summed E-state index contributed by atoms with van der Waals surface area (Å²) in [6.45, 7) is 0. The number of hydrogen-bond donors (Lipinski definition) is 1. The highest BCUT2D eigenvalue weighted by atomic mass is 35.5. The van der Waals surface area contributed by atoms with Gasteiger partial charge in [-0.1, -0.05) is 23.7 Å². The molecule has 1 aromatic carbocycles. The Labute approximate surface area is 97.1 Å². The van der Waals surface area contributed by atoms with E-state index < -0.39 is 0 Å². The SMILES string of the molecule is Clc1cccc2c(-c3cccnc3)n[nH]c12. The molecule has 16 heavy (non-hydrogen) atoms. The van der Waals surface area contributed by atoms with Gasteiger partial charge in [-0.05, 0) is 18.2 Å². The Morgan fingerprint density at radius 3 is 2.88 bits per heavy atom. The minimum Gasteiger partial charge on any atom is -0.276 e. The Hall–Kier alpha value is -1.87. The fourth-order valence-corrected chi connectivity index (χ4v) is 1.95. The van der Waals surface area contributed by atoms with Crippen LogP contribution in [0.2, 0.25) is 5.02 Å². The highest BCUT2D eigenvalue weighted by Crippen LogP contribution is 2.29. The number of nitrogens with one attached hydrogen (secondary N) is 1. The molecule has 0 saturated carbocycles. The molecule has 3 rings (SSSR count). The molecule has 0 atom stereocenters. The summed E-state index contributed by atoms with van der Waals surface area (Å²) in [4.78, 5) is 4.08. The first kappa shape index (κ1) is 9.36. The number of fused-ring (bicyclic) bond motifs is 1. The van der Waals surface area contributed by atoms with Crippen molar-refractivity contribution in [2.45, 2.75) is 0 Å². The van der Waals surface area contributed by atoms with E-state index in [1.807, 2.05) is 30.3 Å². The Morgan fingerprint density at radius 1 is 1.12 bits per heavy atom. The van der Waals surface area contributed by atoms with Gasteiger partial charge in [-0.3, -0.25) is 10.1 Å². The number of halogens is 1. The van der Waals surface area contributed by atoms with Crippen molar-refractivity contribution in [2.75, 3.05) is 0 Å². The lowest BCUT2D eigenvalue weighted by molar-refractivity contribution is 1.12. The number of nitrogens with zero attached hydrogens (tertiary/aromatic N) is 2. The lowest BCUT2D eigenvalue weighted by Crippen LogP contribution is -1.79. The second-order valence-corrected chi connectivity index (χ2v) is 3.88. The third kappa shape index (κ3) is 1.37. The monoisotopic (exact) mass is 229 g/mol. The molecule has 1 N–H and O–H groups in total. The number of H-pyrrole nitrogens is 1. The van der Waals surface area contributed by atoms with Gasteiger partial charge in [-0.15, -0.1) is 0 Å². The van der Waals surface area contributed by atoms with Gasteiger partial charge in [0, 0.05) is 23.3 Å². The molecule has 0 aliphatic rings. The van der Waals surface area contributed by atoms with Crippen LogP contribution in [0.3, 0.4) is 0 Å².